The quantitative estimate of drug-likeness (QED) is 0.152. The second-order valence-corrected chi connectivity index (χ2v) is 18.1. The molecule has 7 heteroatoms. The second-order valence-electron chi connectivity index (χ2n) is 17.0. The molecule has 0 radical (unpaired) electrons. The molecule has 0 saturated heterocycles. The molecular formula is C56H60BrN3O3. The molecule has 0 heterocycles. The minimum Gasteiger partial charge on any atom is -0.324 e. The first-order chi connectivity index (χ1) is 29.8. The first-order valence-corrected chi connectivity index (χ1v) is 22.8. The second kappa shape index (κ2) is 20.5. The van der Waals surface area contributed by atoms with Gasteiger partial charge in [0.1, 0.15) is 0 Å². The fourth-order valence-electron chi connectivity index (χ4n) is 10.2. The van der Waals surface area contributed by atoms with Crippen LogP contribution in [0.2, 0.25) is 0 Å². The molecule has 12 rings (SSSR count). The van der Waals surface area contributed by atoms with Gasteiger partial charge in [0.2, 0.25) is 0 Å². The molecule has 4 N–H and O–H groups in total. The van der Waals surface area contributed by atoms with Crippen molar-refractivity contribution in [3.8, 4) is 0 Å². The van der Waals surface area contributed by atoms with E-state index in [1.807, 2.05) is 60.7 Å². The third-order valence-corrected chi connectivity index (χ3v) is 14.1. The van der Waals surface area contributed by atoms with Gasteiger partial charge in [-0.25, -0.2) is 0 Å². The number of hydrogen-bond acceptors (Lipinski definition) is 6. The molecule has 1 unspecified atom stereocenters. The van der Waals surface area contributed by atoms with Crippen molar-refractivity contribution in [2.75, 3.05) is 0 Å². The maximum absolute atomic E-state index is 12.1. The minimum absolute atomic E-state index is 0. The lowest BCUT2D eigenvalue weighted by Gasteiger charge is -2.20. The average Bonchev–Trinajstić information content (AvgIpc) is 4.16. The first-order valence-electron chi connectivity index (χ1n) is 21.8. The van der Waals surface area contributed by atoms with Crippen molar-refractivity contribution in [3.05, 3.63) is 212 Å². The van der Waals surface area contributed by atoms with Gasteiger partial charge in [-0.2, -0.15) is 0 Å². The number of hydrogen-bond donors (Lipinski definition) is 3. The van der Waals surface area contributed by atoms with Crippen molar-refractivity contribution in [3.63, 3.8) is 0 Å². The number of aryl methyl sites for hydroxylation is 3. The maximum atomic E-state index is 12.1. The highest BCUT2D eigenvalue weighted by atomic mass is 79.9. The number of alkyl halides is 1. The summed E-state index contributed by atoms with van der Waals surface area (Å²) in [6.45, 7) is 0. The predicted octanol–water partition coefficient (Wildman–Crippen LogP) is 12.8. The Morgan fingerprint density at radius 2 is 0.730 bits per heavy atom. The number of nitrogens with one attached hydrogen (secondary N) is 2. The fourth-order valence-corrected chi connectivity index (χ4v) is 10.9. The Morgan fingerprint density at radius 3 is 1.17 bits per heavy atom. The van der Waals surface area contributed by atoms with E-state index in [4.69, 9.17) is 5.73 Å². The monoisotopic (exact) mass is 901 g/mol. The molecule has 0 saturated carbocycles. The van der Waals surface area contributed by atoms with Crippen LogP contribution in [0.1, 0.15) is 170 Å². The fraction of sp³-hybridized carbons (Fsp3) is 0.304. The van der Waals surface area contributed by atoms with Crippen LogP contribution in [0.25, 0.3) is 0 Å². The zero-order valence-corrected chi connectivity index (χ0v) is 36.0. The Labute approximate surface area is 382 Å². The van der Waals surface area contributed by atoms with Gasteiger partial charge in [0.25, 0.3) is 0 Å². The van der Waals surface area contributed by atoms with Crippen LogP contribution >= 0.6 is 15.9 Å². The van der Waals surface area contributed by atoms with E-state index in [2.05, 4.69) is 111 Å². The third-order valence-electron chi connectivity index (χ3n) is 13.3. The van der Waals surface area contributed by atoms with E-state index < -0.39 is 0 Å². The van der Waals surface area contributed by atoms with E-state index in [9.17, 15) is 14.4 Å². The number of rotatable bonds is 4. The number of nitrogens with two attached hydrogens (primary N) is 1. The van der Waals surface area contributed by atoms with E-state index in [0.717, 1.165) is 60.8 Å². The molecular weight excluding hydrogens is 843 g/mol. The lowest BCUT2D eigenvalue weighted by Crippen LogP contribution is -2.23. The lowest BCUT2D eigenvalue weighted by atomic mass is 10.0. The van der Waals surface area contributed by atoms with Crippen LogP contribution in [-0.4, -0.2) is 17.3 Å². The molecule has 0 amide bonds. The number of benzene rings is 6. The summed E-state index contributed by atoms with van der Waals surface area (Å²) >= 11 is 3.46. The summed E-state index contributed by atoms with van der Waals surface area (Å²) < 4.78 is 0. The van der Waals surface area contributed by atoms with E-state index >= 15 is 0 Å². The summed E-state index contributed by atoms with van der Waals surface area (Å²) in [6, 6.07) is 50.9. The summed E-state index contributed by atoms with van der Waals surface area (Å²) in [5, 5.41) is 7.40. The number of Topliss-reactive ketones (excluding diaryl/α,β-unsaturated/α-hetero) is 3. The van der Waals surface area contributed by atoms with Crippen molar-refractivity contribution in [2.45, 2.75) is 108 Å². The summed E-state index contributed by atoms with van der Waals surface area (Å²) in [6.07, 6.45) is 8.62. The van der Waals surface area contributed by atoms with E-state index in [0.29, 0.717) is 37.4 Å². The van der Waals surface area contributed by atoms with Crippen LogP contribution in [0.5, 0.6) is 0 Å². The molecule has 0 bridgehead atoms. The molecule has 6 aliphatic rings. The number of carbonyl (C=O) groups is 3. The predicted molar refractivity (Wildman–Crippen MR) is 260 cm³/mol. The van der Waals surface area contributed by atoms with Gasteiger partial charge in [-0.3, -0.25) is 14.4 Å². The van der Waals surface area contributed by atoms with Crippen molar-refractivity contribution >= 4 is 33.3 Å². The first kappa shape index (κ1) is 45.7. The molecule has 0 fully saturated rings. The van der Waals surface area contributed by atoms with E-state index in [-0.39, 0.29) is 49.1 Å². The highest BCUT2D eigenvalue weighted by molar-refractivity contribution is 9.09. The van der Waals surface area contributed by atoms with Gasteiger partial charge in [-0.1, -0.05) is 176 Å². The molecule has 0 spiro atoms. The third kappa shape index (κ3) is 9.78. The summed E-state index contributed by atoms with van der Waals surface area (Å²) in [7, 11) is 0. The number of halogens is 1. The summed E-state index contributed by atoms with van der Waals surface area (Å²) in [4.78, 5) is 35.6. The lowest BCUT2D eigenvalue weighted by molar-refractivity contribution is 0.0976. The van der Waals surface area contributed by atoms with Crippen LogP contribution in [0.3, 0.4) is 0 Å². The van der Waals surface area contributed by atoms with Crippen LogP contribution < -0.4 is 16.4 Å². The number of carbonyl (C=O) groups excluding carboxylic acids is 3. The highest BCUT2D eigenvalue weighted by Crippen LogP contribution is 2.40. The van der Waals surface area contributed by atoms with Gasteiger partial charge >= 0.3 is 0 Å². The molecule has 6 nitrogen and oxygen atoms in total. The van der Waals surface area contributed by atoms with Crippen molar-refractivity contribution in [2.24, 2.45) is 5.73 Å². The standard InChI is InChI=1S/2C18H17NO.C9H7BrO.C9H11N.2CH4/c2*20-18-11-17(14-7-3-4-8-15(14)18)19-16-10-9-12-5-1-2-6-13(12)16;10-8-5-9(11)7-4-2-1-3-6(7)8;10-9-6-5-7-3-1-2-4-8(7)9;;/h2*1-8,16-17,19H,9-11H2;1-4,8H,5H2;1-4,9H,5-6,10H2;2*1H4/t16-,17+;16-,17-;;9-;;/m11.1../s1. The minimum atomic E-state index is 0. The SMILES string of the molecule is C.C.N[C@@H]1CCc2ccccc21.O=C1CC(Br)c2ccccc21.O=C1C[C@@H](N[C@@H]2CCc3ccccc32)c2ccccc21.O=C1C[C@H](N[C@@H]2CCc3ccccc32)c2ccccc21. The largest absolute Gasteiger partial charge is 0.324 e. The Kier molecular flexibility index (Phi) is 14.8. The summed E-state index contributed by atoms with van der Waals surface area (Å²) in [5.41, 5.74) is 20.5. The average molecular weight is 903 g/mol. The molecule has 6 aromatic carbocycles. The molecule has 6 aromatic rings. The molecule has 63 heavy (non-hydrogen) atoms. The number of fused-ring (bicyclic) bond motifs is 6. The van der Waals surface area contributed by atoms with Gasteiger partial charge < -0.3 is 16.4 Å². The molecule has 6 atom stereocenters. The maximum Gasteiger partial charge on any atom is 0.165 e. The highest BCUT2D eigenvalue weighted by Gasteiger charge is 2.34. The Hall–Kier alpha value is -5.31. The van der Waals surface area contributed by atoms with E-state index in [1.165, 1.54) is 44.5 Å². The van der Waals surface area contributed by atoms with Crippen LogP contribution in [0, 0.1) is 0 Å². The van der Waals surface area contributed by atoms with Crippen LogP contribution in [0.4, 0.5) is 0 Å². The number of ketones is 3. The molecule has 0 aromatic heterocycles. The van der Waals surface area contributed by atoms with Crippen LogP contribution in [-0.2, 0) is 19.3 Å². The van der Waals surface area contributed by atoms with Gasteiger partial charge in [-0.15, -0.1) is 0 Å². The normalized spacial score (nSPS) is 22.5. The van der Waals surface area contributed by atoms with Gasteiger partial charge in [0, 0.05) is 71.0 Å². The molecule has 6 aliphatic carbocycles. The zero-order valence-electron chi connectivity index (χ0n) is 34.4. The Morgan fingerprint density at radius 1 is 0.397 bits per heavy atom. The van der Waals surface area contributed by atoms with Crippen molar-refractivity contribution < 1.29 is 14.4 Å². The summed E-state index contributed by atoms with van der Waals surface area (Å²) in [5.74, 6) is 0.788. The smallest absolute Gasteiger partial charge is 0.165 e. The van der Waals surface area contributed by atoms with Crippen LogP contribution in [0.15, 0.2) is 146 Å². The van der Waals surface area contributed by atoms with Gasteiger partial charge in [-0.05, 0) is 88.6 Å². The topological polar surface area (TPSA) is 101 Å². The van der Waals surface area contributed by atoms with Crippen molar-refractivity contribution in [1.29, 1.82) is 0 Å². The molecule has 0 aliphatic heterocycles. The Bertz CT molecular complexity index is 2470. The molecule has 324 valence electrons. The van der Waals surface area contributed by atoms with Gasteiger partial charge in [0.15, 0.2) is 17.3 Å². The van der Waals surface area contributed by atoms with E-state index in [1.54, 1.807) is 0 Å². The van der Waals surface area contributed by atoms with Gasteiger partial charge in [0.05, 0.1) is 0 Å². The van der Waals surface area contributed by atoms with Crippen molar-refractivity contribution in [1.82, 2.24) is 10.6 Å². The zero-order chi connectivity index (χ0) is 41.9. The Balaban J connectivity index is 0.000000130.